The topological polar surface area (TPSA) is 24.4 Å². The molecule has 18 heavy (non-hydrogen) atoms. The van der Waals surface area contributed by atoms with Crippen molar-refractivity contribution in [1.29, 1.82) is 0 Å². The van der Waals surface area contributed by atoms with Crippen molar-refractivity contribution >= 4 is 16.9 Å². The summed E-state index contributed by atoms with van der Waals surface area (Å²) in [6, 6.07) is 0. The van der Waals surface area contributed by atoms with E-state index in [4.69, 9.17) is 4.99 Å². The Hall–Kier alpha value is -0.180. The molecule has 3 heteroatoms. The molecule has 0 aromatic carbocycles. The zero-order valence-corrected chi connectivity index (χ0v) is 12.0. The van der Waals surface area contributed by atoms with Gasteiger partial charge in [-0.25, -0.2) is 0 Å². The Balaban J connectivity index is 1.35. The van der Waals surface area contributed by atoms with E-state index < -0.39 is 0 Å². The highest BCUT2D eigenvalue weighted by Gasteiger charge is 2.41. The first-order valence-electron chi connectivity index (χ1n) is 7.78. The number of hydrogen-bond donors (Lipinski definition) is 1. The third kappa shape index (κ3) is 1.99. The van der Waals surface area contributed by atoms with Crippen LogP contribution in [0.4, 0.5) is 0 Å². The van der Waals surface area contributed by atoms with Crippen molar-refractivity contribution < 1.29 is 0 Å². The quantitative estimate of drug-likeness (QED) is 0.826. The van der Waals surface area contributed by atoms with Crippen LogP contribution in [0.2, 0.25) is 0 Å². The second-order valence-electron chi connectivity index (χ2n) is 6.98. The second kappa shape index (κ2) is 4.43. The van der Waals surface area contributed by atoms with Crippen molar-refractivity contribution in [1.82, 2.24) is 5.32 Å². The second-order valence-corrected chi connectivity index (χ2v) is 7.95. The molecule has 4 fully saturated rings. The van der Waals surface area contributed by atoms with Crippen LogP contribution in [-0.4, -0.2) is 23.0 Å². The first-order chi connectivity index (χ1) is 8.83. The molecule has 0 aromatic heterocycles. The van der Waals surface area contributed by atoms with Gasteiger partial charge < -0.3 is 5.32 Å². The molecule has 1 heterocycles. The van der Waals surface area contributed by atoms with Crippen LogP contribution in [0.25, 0.3) is 0 Å². The standard InChI is InChI=1S/C15H24N2S/c1-2-6-15(5-1)10-18-14(17-15)16-9-13-8-11-3-4-12(13)7-11/h11-13H,1-10H2,(H,16,17). The summed E-state index contributed by atoms with van der Waals surface area (Å²) in [6.45, 7) is 1.10. The minimum absolute atomic E-state index is 0.443. The van der Waals surface area contributed by atoms with E-state index >= 15 is 0 Å². The molecule has 0 radical (unpaired) electrons. The van der Waals surface area contributed by atoms with Crippen molar-refractivity contribution in [3.8, 4) is 0 Å². The fourth-order valence-corrected chi connectivity index (χ4v) is 5.94. The number of hydrogen-bond acceptors (Lipinski definition) is 2. The van der Waals surface area contributed by atoms with Crippen molar-refractivity contribution in [3.63, 3.8) is 0 Å². The van der Waals surface area contributed by atoms with Crippen LogP contribution in [0.15, 0.2) is 4.99 Å². The summed E-state index contributed by atoms with van der Waals surface area (Å²) in [4.78, 5) is 4.91. The fraction of sp³-hybridized carbons (Fsp3) is 0.933. The van der Waals surface area contributed by atoms with Gasteiger partial charge in [-0.2, -0.15) is 0 Å². The zero-order chi connectivity index (χ0) is 12.0. The SMILES string of the molecule is C1CCC2(C1)CSC(=NCC1CC3CCC1C3)N2. The summed E-state index contributed by atoms with van der Waals surface area (Å²) in [5.74, 6) is 4.26. The predicted octanol–water partition coefficient (Wildman–Crippen LogP) is 3.43. The summed E-state index contributed by atoms with van der Waals surface area (Å²) < 4.78 is 0. The largest absolute Gasteiger partial charge is 0.359 e. The highest BCUT2D eigenvalue weighted by molar-refractivity contribution is 8.14. The van der Waals surface area contributed by atoms with E-state index in [1.54, 1.807) is 0 Å². The first kappa shape index (κ1) is 11.6. The lowest BCUT2D eigenvalue weighted by Gasteiger charge is -2.22. The van der Waals surface area contributed by atoms with E-state index in [0.29, 0.717) is 5.54 Å². The number of thioether (sulfide) groups is 1. The van der Waals surface area contributed by atoms with Crippen molar-refractivity contribution in [2.75, 3.05) is 12.3 Å². The monoisotopic (exact) mass is 264 g/mol. The number of fused-ring (bicyclic) bond motifs is 2. The minimum Gasteiger partial charge on any atom is -0.359 e. The van der Waals surface area contributed by atoms with Crippen molar-refractivity contribution in [2.45, 2.75) is 56.9 Å². The maximum Gasteiger partial charge on any atom is 0.157 e. The molecule has 2 nitrogen and oxygen atoms in total. The lowest BCUT2D eigenvalue weighted by Crippen LogP contribution is -2.40. The van der Waals surface area contributed by atoms with E-state index in [0.717, 1.165) is 24.3 Å². The van der Waals surface area contributed by atoms with Crippen LogP contribution in [0, 0.1) is 17.8 Å². The molecular formula is C15H24N2S. The normalized spacial score (nSPS) is 43.1. The van der Waals surface area contributed by atoms with Crippen molar-refractivity contribution in [2.24, 2.45) is 22.7 Å². The molecule has 3 atom stereocenters. The Morgan fingerprint density at radius 1 is 1.22 bits per heavy atom. The Bertz CT molecular complexity index is 360. The summed E-state index contributed by atoms with van der Waals surface area (Å²) in [7, 11) is 0. The van der Waals surface area contributed by atoms with Gasteiger partial charge in [-0.1, -0.05) is 31.0 Å². The van der Waals surface area contributed by atoms with Gasteiger partial charge >= 0.3 is 0 Å². The van der Waals surface area contributed by atoms with E-state index in [9.17, 15) is 0 Å². The zero-order valence-electron chi connectivity index (χ0n) is 11.2. The lowest BCUT2D eigenvalue weighted by atomic mass is 9.89. The van der Waals surface area contributed by atoms with Crippen LogP contribution in [-0.2, 0) is 0 Å². The fourth-order valence-electron chi connectivity index (χ4n) is 4.71. The molecule has 1 spiro atoms. The van der Waals surface area contributed by atoms with Crippen LogP contribution in [0.1, 0.15) is 51.4 Å². The number of nitrogens with zero attached hydrogens (tertiary/aromatic N) is 1. The van der Waals surface area contributed by atoms with Gasteiger partial charge in [0.2, 0.25) is 0 Å². The van der Waals surface area contributed by atoms with Crippen LogP contribution in [0.5, 0.6) is 0 Å². The van der Waals surface area contributed by atoms with Crippen molar-refractivity contribution in [3.05, 3.63) is 0 Å². The maximum absolute atomic E-state index is 4.91. The predicted molar refractivity (Wildman–Crippen MR) is 78.0 cm³/mol. The van der Waals surface area contributed by atoms with Gasteiger partial charge in [-0.3, -0.25) is 4.99 Å². The van der Waals surface area contributed by atoms with Gasteiger partial charge in [0.15, 0.2) is 5.17 Å². The van der Waals surface area contributed by atoms with E-state index in [2.05, 4.69) is 5.32 Å². The summed E-state index contributed by atoms with van der Waals surface area (Å²) in [5.41, 5.74) is 0.443. The molecular weight excluding hydrogens is 240 g/mol. The minimum atomic E-state index is 0.443. The third-order valence-corrected chi connectivity index (χ3v) is 6.97. The Labute approximate surface area is 114 Å². The molecule has 4 rings (SSSR count). The number of rotatable bonds is 2. The molecule has 1 N–H and O–H groups in total. The molecule has 3 aliphatic carbocycles. The molecule has 2 bridgehead atoms. The van der Waals surface area contributed by atoms with Crippen LogP contribution in [0.3, 0.4) is 0 Å². The summed E-state index contributed by atoms with van der Waals surface area (Å²) in [6.07, 6.45) is 11.5. The lowest BCUT2D eigenvalue weighted by molar-refractivity contribution is 0.341. The number of nitrogens with one attached hydrogen (secondary N) is 1. The average molecular weight is 264 g/mol. The van der Waals surface area contributed by atoms with Crippen LogP contribution >= 0.6 is 11.8 Å². The number of amidine groups is 1. The number of aliphatic imine (C=N–C) groups is 1. The van der Waals surface area contributed by atoms with E-state index in [1.165, 1.54) is 62.3 Å². The van der Waals surface area contributed by atoms with Gasteiger partial charge in [-0.15, -0.1) is 0 Å². The van der Waals surface area contributed by atoms with Crippen LogP contribution < -0.4 is 5.32 Å². The molecule has 0 aromatic rings. The Morgan fingerprint density at radius 3 is 2.83 bits per heavy atom. The van der Waals surface area contributed by atoms with E-state index in [-0.39, 0.29) is 0 Å². The maximum atomic E-state index is 4.91. The molecule has 3 saturated carbocycles. The van der Waals surface area contributed by atoms with E-state index in [1.807, 2.05) is 11.8 Å². The Morgan fingerprint density at radius 2 is 2.11 bits per heavy atom. The van der Waals surface area contributed by atoms with Gasteiger partial charge in [0.1, 0.15) is 0 Å². The highest BCUT2D eigenvalue weighted by atomic mass is 32.2. The molecule has 100 valence electrons. The van der Waals surface area contributed by atoms with Gasteiger partial charge in [0.05, 0.1) is 0 Å². The van der Waals surface area contributed by atoms with Gasteiger partial charge in [-0.05, 0) is 49.9 Å². The highest BCUT2D eigenvalue weighted by Crippen LogP contribution is 2.48. The first-order valence-corrected chi connectivity index (χ1v) is 8.77. The summed E-state index contributed by atoms with van der Waals surface area (Å²) >= 11 is 1.98. The molecule has 1 saturated heterocycles. The smallest absolute Gasteiger partial charge is 0.157 e. The third-order valence-electron chi connectivity index (χ3n) is 5.77. The molecule has 3 unspecified atom stereocenters. The molecule has 4 aliphatic rings. The van der Waals surface area contributed by atoms with Gasteiger partial charge in [0, 0.05) is 17.8 Å². The Kier molecular flexibility index (Phi) is 2.86. The molecule has 1 aliphatic heterocycles. The summed E-state index contributed by atoms with van der Waals surface area (Å²) in [5, 5.41) is 5.01. The average Bonchev–Trinajstić information content (AvgIpc) is 3.13. The van der Waals surface area contributed by atoms with Gasteiger partial charge in [0.25, 0.3) is 0 Å². The molecule has 0 amide bonds.